The Balaban J connectivity index is 1.66. The minimum Gasteiger partial charge on any atom is -0.457 e. The van der Waals surface area contributed by atoms with Gasteiger partial charge in [0.15, 0.2) is 0 Å². The molecule has 2 heterocycles. The number of benzene rings is 2. The van der Waals surface area contributed by atoms with E-state index in [2.05, 4.69) is 16.0 Å². The summed E-state index contributed by atoms with van der Waals surface area (Å²) in [5.41, 5.74) is 5.03. The van der Waals surface area contributed by atoms with Gasteiger partial charge in [-0.3, -0.25) is 10.1 Å². The van der Waals surface area contributed by atoms with E-state index in [0.29, 0.717) is 28.5 Å². The van der Waals surface area contributed by atoms with Gasteiger partial charge in [-0.1, -0.05) is 0 Å². The number of rotatable bonds is 4. The number of hydrogen-bond donors (Lipinski definition) is 1. The molecule has 0 aliphatic heterocycles. The fraction of sp³-hybridized carbons (Fsp3) is 0.0909. The van der Waals surface area contributed by atoms with Crippen molar-refractivity contribution in [2.45, 2.75) is 13.8 Å². The average molecular weight is 384 g/mol. The minimum absolute atomic E-state index is 0.0163. The van der Waals surface area contributed by atoms with Gasteiger partial charge >= 0.3 is 0 Å². The van der Waals surface area contributed by atoms with Crippen molar-refractivity contribution in [2.24, 2.45) is 0 Å². The van der Waals surface area contributed by atoms with E-state index >= 15 is 0 Å². The Labute approximate surface area is 166 Å². The van der Waals surface area contributed by atoms with Crippen molar-refractivity contribution < 1.29 is 9.34 Å². The maximum absolute atomic E-state index is 10.8. The molecule has 4 aromatic rings. The van der Waals surface area contributed by atoms with Crippen LogP contribution in [0.25, 0.3) is 34.0 Å². The number of aryl methyl sites for hydroxylation is 2. The third-order valence-electron chi connectivity index (χ3n) is 4.75. The van der Waals surface area contributed by atoms with Gasteiger partial charge < -0.3 is 9.40 Å². The third-order valence-corrected chi connectivity index (χ3v) is 4.75. The summed E-state index contributed by atoms with van der Waals surface area (Å²) in [6.07, 6.45) is 1.62. The highest BCUT2D eigenvalue weighted by atomic mass is 16.6. The summed E-state index contributed by atoms with van der Waals surface area (Å²) in [5, 5.41) is 20.4. The lowest BCUT2D eigenvalue weighted by atomic mass is 10.1. The van der Waals surface area contributed by atoms with Crippen LogP contribution in [0.15, 0.2) is 52.9 Å². The Bertz CT molecular complexity index is 1270. The Morgan fingerprint density at radius 3 is 2.59 bits per heavy atom. The highest BCUT2D eigenvalue weighted by molar-refractivity contribution is 5.90. The van der Waals surface area contributed by atoms with Gasteiger partial charge in [-0.05, 0) is 61.4 Å². The molecule has 0 unspecified atom stereocenters. The smallest absolute Gasteiger partial charge is 0.269 e. The number of fused-ring (bicyclic) bond motifs is 1. The number of nitrogens with zero attached hydrogens (tertiary/aromatic N) is 3. The lowest BCUT2D eigenvalue weighted by Gasteiger charge is -1.97. The lowest BCUT2D eigenvalue weighted by molar-refractivity contribution is -0.384. The molecule has 7 nitrogen and oxygen atoms in total. The van der Waals surface area contributed by atoms with Crippen LogP contribution in [-0.2, 0) is 0 Å². The second kappa shape index (κ2) is 7.09. The topological polar surface area (TPSA) is 109 Å². The van der Waals surface area contributed by atoms with Crippen molar-refractivity contribution >= 4 is 28.4 Å². The van der Waals surface area contributed by atoms with E-state index in [1.54, 1.807) is 30.3 Å². The molecule has 0 spiro atoms. The summed E-state index contributed by atoms with van der Waals surface area (Å²) in [5.74, 6) is 1.52. The third kappa shape index (κ3) is 3.51. The molecule has 4 rings (SSSR count). The van der Waals surface area contributed by atoms with Crippen molar-refractivity contribution in [3.8, 4) is 17.4 Å². The summed E-state index contributed by atoms with van der Waals surface area (Å²) in [4.78, 5) is 18.0. The molecular weight excluding hydrogens is 368 g/mol. The van der Waals surface area contributed by atoms with E-state index in [1.807, 2.05) is 26.0 Å². The molecule has 2 aromatic carbocycles. The first kappa shape index (κ1) is 18.2. The predicted octanol–water partition coefficient (Wildman–Crippen LogP) is 5.41. The fourth-order valence-corrected chi connectivity index (χ4v) is 3.03. The van der Waals surface area contributed by atoms with Crippen LogP contribution in [-0.4, -0.2) is 14.9 Å². The van der Waals surface area contributed by atoms with Crippen molar-refractivity contribution in [3.63, 3.8) is 0 Å². The number of aromatic nitrogens is 2. The molecule has 0 atom stereocenters. The number of nitro benzene ring substituents is 1. The van der Waals surface area contributed by atoms with Crippen molar-refractivity contribution in [3.05, 3.63) is 81.4 Å². The quantitative estimate of drug-likeness (QED) is 0.287. The summed E-state index contributed by atoms with van der Waals surface area (Å²) in [7, 11) is 0. The molecule has 2 aromatic heterocycles. The number of allylic oxidation sites excluding steroid dienone is 1. The second-order valence-corrected chi connectivity index (χ2v) is 6.71. The van der Waals surface area contributed by atoms with Crippen LogP contribution >= 0.6 is 0 Å². The van der Waals surface area contributed by atoms with Gasteiger partial charge in [0.25, 0.3) is 5.69 Å². The Morgan fingerprint density at radius 2 is 1.90 bits per heavy atom. The van der Waals surface area contributed by atoms with Crippen LogP contribution in [0.2, 0.25) is 0 Å². The highest BCUT2D eigenvalue weighted by Gasteiger charge is 2.12. The first-order valence-electron chi connectivity index (χ1n) is 8.88. The summed E-state index contributed by atoms with van der Waals surface area (Å²) >= 11 is 0. The Hall–Kier alpha value is -4.18. The van der Waals surface area contributed by atoms with E-state index in [-0.39, 0.29) is 5.69 Å². The molecule has 0 bridgehead atoms. The summed E-state index contributed by atoms with van der Waals surface area (Å²) in [6, 6.07) is 15.7. The SMILES string of the molecule is Cc1cc2nc(C(C#N)=Cc3ccc(-c4ccc([N+](=O)[O-])cc4)o3)[nH]c2cc1C. The number of nitrogens with one attached hydrogen (secondary N) is 1. The maximum atomic E-state index is 10.8. The molecule has 0 saturated heterocycles. The molecule has 0 aliphatic rings. The van der Waals surface area contributed by atoms with E-state index < -0.39 is 4.92 Å². The number of hydrogen-bond acceptors (Lipinski definition) is 5. The number of H-pyrrole nitrogens is 1. The van der Waals surface area contributed by atoms with E-state index in [4.69, 9.17) is 4.42 Å². The molecule has 7 heteroatoms. The largest absolute Gasteiger partial charge is 0.457 e. The molecule has 0 fully saturated rings. The molecule has 0 saturated carbocycles. The minimum atomic E-state index is -0.449. The Kier molecular flexibility index (Phi) is 4.45. The molecular formula is C22H16N4O3. The summed E-state index contributed by atoms with van der Waals surface area (Å²) in [6.45, 7) is 4.05. The molecule has 0 aliphatic carbocycles. The number of nitro groups is 1. The van der Waals surface area contributed by atoms with Gasteiger partial charge in [0.05, 0.1) is 21.5 Å². The molecule has 142 valence electrons. The zero-order valence-corrected chi connectivity index (χ0v) is 15.8. The maximum Gasteiger partial charge on any atom is 0.269 e. The monoisotopic (exact) mass is 384 g/mol. The highest BCUT2D eigenvalue weighted by Crippen LogP contribution is 2.27. The molecule has 0 radical (unpaired) electrons. The zero-order chi connectivity index (χ0) is 20.5. The number of imidazole rings is 1. The van der Waals surface area contributed by atoms with Gasteiger partial charge in [-0.25, -0.2) is 4.98 Å². The van der Waals surface area contributed by atoms with E-state index in [9.17, 15) is 15.4 Å². The van der Waals surface area contributed by atoms with Crippen molar-refractivity contribution in [2.75, 3.05) is 0 Å². The van der Waals surface area contributed by atoms with Gasteiger partial charge in [0, 0.05) is 23.8 Å². The van der Waals surface area contributed by atoms with Crippen molar-refractivity contribution in [1.82, 2.24) is 9.97 Å². The summed E-state index contributed by atoms with van der Waals surface area (Å²) < 4.78 is 5.80. The molecule has 29 heavy (non-hydrogen) atoms. The van der Waals surface area contributed by atoms with Gasteiger partial charge in [0.1, 0.15) is 23.4 Å². The fourth-order valence-electron chi connectivity index (χ4n) is 3.03. The first-order valence-corrected chi connectivity index (χ1v) is 8.88. The average Bonchev–Trinajstić information content (AvgIpc) is 3.33. The van der Waals surface area contributed by atoms with E-state index in [0.717, 1.165) is 22.2 Å². The number of non-ortho nitro benzene ring substituents is 1. The Morgan fingerprint density at radius 1 is 1.17 bits per heavy atom. The molecule has 0 amide bonds. The van der Waals surface area contributed by atoms with Crippen LogP contribution in [0.1, 0.15) is 22.7 Å². The second-order valence-electron chi connectivity index (χ2n) is 6.71. The van der Waals surface area contributed by atoms with Crippen LogP contribution in [0.5, 0.6) is 0 Å². The first-order chi connectivity index (χ1) is 13.9. The lowest BCUT2D eigenvalue weighted by Crippen LogP contribution is -1.86. The zero-order valence-electron chi connectivity index (χ0n) is 15.8. The number of furan rings is 1. The van der Waals surface area contributed by atoms with Crippen LogP contribution in [0, 0.1) is 35.3 Å². The van der Waals surface area contributed by atoms with Gasteiger partial charge in [-0.15, -0.1) is 0 Å². The van der Waals surface area contributed by atoms with Crippen molar-refractivity contribution in [1.29, 1.82) is 5.26 Å². The normalized spacial score (nSPS) is 11.6. The van der Waals surface area contributed by atoms with Crippen LogP contribution < -0.4 is 0 Å². The van der Waals surface area contributed by atoms with Gasteiger partial charge in [0.2, 0.25) is 0 Å². The molecule has 1 N–H and O–H groups in total. The number of nitriles is 1. The van der Waals surface area contributed by atoms with E-state index in [1.165, 1.54) is 12.1 Å². The number of aromatic amines is 1. The standard InChI is InChI=1S/C22H16N4O3/c1-13-9-19-20(10-14(13)2)25-22(24-19)16(12-23)11-18-7-8-21(29-18)15-3-5-17(6-4-15)26(27)28/h3-11H,1-2H3,(H,24,25). The van der Waals surface area contributed by atoms with Crippen LogP contribution in [0.3, 0.4) is 0 Å². The van der Waals surface area contributed by atoms with Crippen LogP contribution in [0.4, 0.5) is 5.69 Å². The van der Waals surface area contributed by atoms with Gasteiger partial charge in [-0.2, -0.15) is 5.26 Å². The predicted molar refractivity (Wildman–Crippen MR) is 110 cm³/mol.